The van der Waals surface area contributed by atoms with Gasteiger partial charge in [-0.15, -0.1) is 0 Å². The fraction of sp³-hybridized carbons (Fsp3) is 0.679. The molecule has 1 fully saturated rings. The highest BCUT2D eigenvalue weighted by Crippen LogP contribution is 2.02. The second-order valence-corrected chi connectivity index (χ2v) is 8.21. The quantitative estimate of drug-likeness (QED) is 0.289. The van der Waals surface area contributed by atoms with Crippen molar-refractivity contribution in [1.29, 1.82) is 0 Å². The van der Waals surface area contributed by atoms with Gasteiger partial charge in [0.2, 0.25) is 5.91 Å². The molecule has 1 aromatic heterocycles. The number of carbonyl (C=O) groups is 4. The number of nitrogens with one attached hydrogen (secondary N) is 2. The van der Waals surface area contributed by atoms with Crippen LogP contribution in [0.2, 0.25) is 0 Å². The number of primary amides is 1. The number of cyclic esters (lactones) is 2. The van der Waals surface area contributed by atoms with Gasteiger partial charge in [0.15, 0.2) is 0 Å². The SMILES string of the molecule is C.C.C=C(OC)OC(=O)OC.CC(N)=O.CC1COC(=O)O1.CCN(CC)CC.CNC(=O)NC.Cn1c(=O)n(C)c(=O)n(C)c1=O. The summed E-state index contributed by atoms with van der Waals surface area (Å²) in [6, 6.07) is -0.157. The highest BCUT2D eigenvalue weighted by Gasteiger charge is 2.19. The first-order valence-electron chi connectivity index (χ1n) is 13.4. The molecule has 3 amide bonds. The molecule has 0 aromatic carbocycles. The van der Waals surface area contributed by atoms with E-state index in [0.29, 0.717) is 6.61 Å². The number of nitrogens with zero attached hydrogens (tertiary/aromatic N) is 4. The number of carbonyl (C=O) groups excluding carboxylic acids is 4. The minimum Gasteiger partial charge on any atom is -0.469 e. The minimum atomic E-state index is -0.832. The maximum absolute atomic E-state index is 11.1. The summed E-state index contributed by atoms with van der Waals surface area (Å²) >= 11 is 0. The van der Waals surface area contributed by atoms with Crippen molar-refractivity contribution in [1.82, 2.24) is 29.2 Å². The molecule has 0 saturated carbocycles. The predicted molar refractivity (Wildman–Crippen MR) is 179 cm³/mol. The Kier molecular flexibility index (Phi) is 37.9. The van der Waals surface area contributed by atoms with Gasteiger partial charge in [-0.1, -0.05) is 35.6 Å². The zero-order valence-corrected chi connectivity index (χ0v) is 28.4. The molecule has 0 aliphatic carbocycles. The summed E-state index contributed by atoms with van der Waals surface area (Å²) in [7, 11) is 9.65. The molecule has 1 aliphatic rings. The zero-order valence-electron chi connectivity index (χ0n) is 28.4. The highest BCUT2D eigenvalue weighted by atomic mass is 16.8. The third-order valence-electron chi connectivity index (χ3n) is 4.84. The lowest BCUT2D eigenvalue weighted by Crippen LogP contribution is -2.51. The zero-order chi connectivity index (χ0) is 36.3. The molecule has 0 bridgehead atoms. The smallest absolute Gasteiger partial charge is 0.469 e. The Morgan fingerprint density at radius 1 is 0.872 bits per heavy atom. The van der Waals surface area contributed by atoms with Crippen LogP contribution in [0, 0.1) is 0 Å². The fourth-order valence-corrected chi connectivity index (χ4v) is 2.31. The maximum Gasteiger partial charge on any atom is 0.515 e. The average molecular weight is 686 g/mol. The van der Waals surface area contributed by atoms with Gasteiger partial charge in [-0.25, -0.2) is 42.5 Å². The van der Waals surface area contributed by atoms with Gasteiger partial charge < -0.3 is 45.0 Å². The van der Waals surface area contributed by atoms with E-state index in [4.69, 9.17) is 0 Å². The Bertz CT molecular complexity index is 1070. The summed E-state index contributed by atoms with van der Waals surface area (Å²) in [5, 5.41) is 4.73. The van der Waals surface area contributed by atoms with E-state index in [9.17, 15) is 33.6 Å². The molecule has 1 aliphatic heterocycles. The second kappa shape index (κ2) is 32.6. The molecule has 1 saturated heterocycles. The molecule has 19 nitrogen and oxygen atoms in total. The van der Waals surface area contributed by atoms with Gasteiger partial charge >= 0.3 is 35.4 Å². The number of rotatable bonds is 5. The van der Waals surface area contributed by atoms with Crippen molar-refractivity contribution in [3.63, 3.8) is 0 Å². The molecule has 0 radical (unpaired) electrons. The van der Waals surface area contributed by atoms with E-state index >= 15 is 0 Å². The van der Waals surface area contributed by atoms with Gasteiger partial charge in [0.05, 0.1) is 14.2 Å². The summed E-state index contributed by atoms with van der Waals surface area (Å²) in [5.74, 6) is -0.415. The Balaban J connectivity index is -0.000000110. The third kappa shape index (κ3) is 29.7. The number of hydrogen-bond acceptors (Lipinski definition) is 13. The monoisotopic (exact) mass is 685 g/mol. The number of ether oxygens (including phenoxy) is 5. The van der Waals surface area contributed by atoms with Crippen LogP contribution in [-0.4, -0.2) is 104 Å². The lowest BCUT2D eigenvalue weighted by atomic mass is 10.5. The molecule has 47 heavy (non-hydrogen) atoms. The normalized spacial score (nSPS) is 11.4. The molecule has 1 unspecified atom stereocenters. The van der Waals surface area contributed by atoms with E-state index in [2.05, 4.69) is 72.3 Å². The van der Waals surface area contributed by atoms with Crippen LogP contribution >= 0.6 is 0 Å². The summed E-state index contributed by atoms with van der Waals surface area (Å²) in [4.78, 5) is 75.0. The van der Waals surface area contributed by atoms with Crippen LogP contribution in [0.3, 0.4) is 0 Å². The summed E-state index contributed by atoms with van der Waals surface area (Å²) in [6.07, 6.45) is -1.43. The number of nitrogens with two attached hydrogens (primary N) is 1. The molecule has 278 valence electrons. The van der Waals surface area contributed by atoms with E-state index in [1.165, 1.54) is 61.9 Å². The maximum atomic E-state index is 11.1. The highest BCUT2D eigenvalue weighted by molar-refractivity contribution is 5.72. The van der Waals surface area contributed by atoms with Crippen molar-refractivity contribution in [3.05, 3.63) is 44.0 Å². The Hall–Kier alpha value is -4.81. The molecular formula is C28H59N7O12. The van der Waals surface area contributed by atoms with E-state index in [1.54, 1.807) is 21.0 Å². The van der Waals surface area contributed by atoms with E-state index < -0.39 is 29.4 Å². The molecule has 4 N–H and O–H groups in total. The van der Waals surface area contributed by atoms with Crippen molar-refractivity contribution in [2.75, 3.05) is 54.6 Å². The number of urea groups is 1. The van der Waals surface area contributed by atoms with Crippen LogP contribution in [0.4, 0.5) is 14.4 Å². The van der Waals surface area contributed by atoms with Gasteiger partial charge in [-0.2, -0.15) is 0 Å². The van der Waals surface area contributed by atoms with Gasteiger partial charge in [0.1, 0.15) is 12.7 Å². The van der Waals surface area contributed by atoms with Crippen LogP contribution in [0.15, 0.2) is 26.9 Å². The van der Waals surface area contributed by atoms with Crippen LogP contribution in [0.25, 0.3) is 0 Å². The van der Waals surface area contributed by atoms with E-state index in [0.717, 1.165) is 13.7 Å². The average Bonchev–Trinajstić information content (AvgIpc) is 3.41. The molecule has 0 spiro atoms. The van der Waals surface area contributed by atoms with Gasteiger partial charge in [0.25, 0.3) is 5.95 Å². The number of hydrogen-bond donors (Lipinski definition) is 3. The predicted octanol–water partition coefficient (Wildman–Crippen LogP) is 0.869. The Labute approximate surface area is 277 Å². The van der Waals surface area contributed by atoms with Crippen LogP contribution in [-0.2, 0) is 49.6 Å². The summed E-state index contributed by atoms with van der Waals surface area (Å²) in [5.41, 5.74) is 2.65. The Morgan fingerprint density at radius 2 is 1.21 bits per heavy atom. The topological polar surface area (TPSA) is 234 Å². The number of methoxy groups -OCH3 is 2. The standard InChI is InChI=1S/C6H9N3O3.C6H15N.C5H8O4.C4H6O3.C3H8N2O.C2H5NO.2CH4/c1-7-4(10)8(2)6(12)9(3)5(7)11;1-4-7(5-2)6-3;1-4(7-2)9-5(6)8-3;1-3-2-6-4(5)7-3;1-4-3(6)5-2;1-2(3)4;;/h1-3H3;4-6H2,1-3H3;1H2,2-3H3;3H,2H2,1H3;1-2H3,(H2,4,5,6);1H3,(H2,3,4);2*1H4. The van der Waals surface area contributed by atoms with Crippen molar-refractivity contribution >= 4 is 24.2 Å². The largest absolute Gasteiger partial charge is 0.515 e. The van der Waals surface area contributed by atoms with Crippen LogP contribution in [0.1, 0.15) is 49.5 Å². The first-order valence-corrected chi connectivity index (χ1v) is 13.4. The van der Waals surface area contributed by atoms with E-state index in [-0.39, 0.29) is 38.8 Å². The molecule has 19 heteroatoms. The molecule has 1 atom stereocenters. The van der Waals surface area contributed by atoms with Gasteiger partial charge in [0, 0.05) is 42.2 Å². The molecule has 2 heterocycles. The molecular weight excluding hydrogens is 626 g/mol. The lowest BCUT2D eigenvalue weighted by Gasteiger charge is -2.13. The summed E-state index contributed by atoms with van der Waals surface area (Å²) < 4.78 is 24.3. The van der Waals surface area contributed by atoms with Gasteiger partial charge in [-0.05, 0) is 33.1 Å². The van der Waals surface area contributed by atoms with Crippen LogP contribution < -0.4 is 33.4 Å². The van der Waals surface area contributed by atoms with Gasteiger partial charge in [-0.3, -0.25) is 4.79 Å². The molecule has 1 aromatic rings. The lowest BCUT2D eigenvalue weighted by molar-refractivity contribution is -0.115. The fourth-order valence-electron chi connectivity index (χ4n) is 2.31. The van der Waals surface area contributed by atoms with E-state index in [1.807, 2.05) is 0 Å². The van der Waals surface area contributed by atoms with Crippen molar-refractivity contribution < 1.29 is 42.9 Å². The Morgan fingerprint density at radius 3 is 1.34 bits per heavy atom. The first kappa shape index (κ1) is 54.7. The first-order chi connectivity index (χ1) is 20.8. The number of amides is 3. The third-order valence-corrected chi connectivity index (χ3v) is 4.84. The minimum absolute atomic E-state index is 0. The number of aromatic nitrogens is 3. The molecule has 2 rings (SSSR count). The van der Waals surface area contributed by atoms with Crippen molar-refractivity contribution in [2.45, 2.75) is 55.6 Å². The second-order valence-electron chi connectivity index (χ2n) is 8.21. The van der Waals surface area contributed by atoms with Crippen LogP contribution in [0.5, 0.6) is 0 Å². The van der Waals surface area contributed by atoms with Crippen molar-refractivity contribution in [2.24, 2.45) is 26.9 Å². The summed E-state index contributed by atoms with van der Waals surface area (Å²) in [6.45, 7) is 16.8. The van der Waals surface area contributed by atoms with Crippen molar-refractivity contribution in [3.8, 4) is 0 Å².